The lowest BCUT2D eigenvalue weighted by atomic mass is 9.96. The van der Waals surface area contributed by atoms with E-state index in [4.69, 9.17) is 11.6 Å². The van der Waals surface area contributed by atoms with Gasteiger partial charge in [-0.25, -0.2) is 0 Å². The van der Waals surface area contributed by atoms with Gasteiger partial charge in [-0.2, -0.15) is 0 Å². The molecule has 0 spiro atoms. The summed E-state index contributed by atoms with van der Waals surface area (Å²) >= 11 is 10.2. The minimum Gasteiger partial charge on any atom is -0.325 e. The van der Waals surface area contributed by atoms with E-state index in [2.05, 4.69) is 46.4 Å². The van der Waals surface area contributed by atoms with E-state index in [9.17, 15) is 4.79 Å². The number of fused-ring (bicyclic) bond motifs is 1. The number of amides is 1. The Morgan fingerprint density at radius 1 is 1.29 bits per heavy atom. The zero-order chi connectivity index (χ0) is 15.0. The van der Waals surface area contributed by atoms with Crippen molar-refractivity contribution in [2.24, 2.45) is 0 Å². The van der Waals surface area contributed by atoms with Crippen LogP contribution in [0.5, 0.6) is 0 Å². The second-order valence-electron chi connectivity index (χ2n) is 5.17. The number of carbonyl (C=O) groups is 1. The van der Waals surface area contributed by atoms with Gasteiger partial charge < -0.3 is 5.32 Å². The summed E-state index contributed by atoms with van der Waals surface area (Å²) in [5.41, 5.74) is 5.37. The molecule has 4 heteroatoms. The third kappa shape index (κ3) is 2.72. The van der Waals surface area contributed by atoms with Crippen LogP contribution in [-0.2, 0) is 17.6 Å². The summed E-state index contributed by atoms with van der Waals surface area (Å²) in [6.45, 7) is 2.14. The fourth-order valence-corrected chi connectivity index (χ4v) is 3.96. The van der Waals surface area contributed by atoms with Crippen molar-refractivity contribution in [1.82, 2.24) is 0 Å². The van der Waals surface area contributed by atoms with Crippen molar-refractivity contribution in [3.8, 4) is 0 Å². The van der Waals surface area contributed by atoms with E-state index < -0.39 is 0 Å². The highest BCUT2D eigenvalue weighted by Crippen LogP contribution is 2.40. The second kappa shape index (κ2) is 5.82. The molecule has 2 aromatic carbocycles. The van der Waals surface area contributed by atoms with Crippen LogP contribution in [-0.4, -0.2) is 5.91 Å². The molecular formula is C17H15BrClNO. The van der Waals surface area contributed by atoms with Crippen molar-refractivity contribution in [3.63, 3.8) is 0 Å². The summed E-state index contributed by atoms with van der Waals surface area (Å²) in [5.74, 6) is 0.0262. The highest BCUT2D eigenvalue weighted by molar-refractivity contribution is 9.09. The lowest BCUT2D eigenvalue weighted by Gasteiger charge is -2.17. The maximum atomic E-state index is 11.5. The number of halogens is 2. The van der Waals surface area contributed by atoms with Gasteiger partial charge in [0.15, 0.2) is 0 Å². The molecule has 1 aliphatic rings. The first kappa shape index (κ1) is 14.6. The largest absolute Gasteiger partial charge is 0.325 e. The number of hydrogen-bond acceptors (Lipinski definition) is 1. The van der Waals surface area contributed by atoms with Gasteiger partial charge in [0.2, 0.25) is 5.91 Å². The summed E-state index contributed by atoms with van der Waals surface area (Å²) in [6, 6.07) is 12.2. The van der Waals surface area contributed by atoms with Crippen LogP contribution < -0.4 is 5.32 Å². The monoisotopic (exact) mass is 363 g/mol. The molecule has 0 radical (unpaired) electrons. The van der Waals surface area contributed by atoms with Crippen LogP contribution in [0.3, 0.4) is 0 Å². The quantitative estimate of drug-likeness (QED) is 0.773. The minimum atomic E-state index is 0.0262. The van der Waals surface area contributed by atoms with Gasteiger partial charge in [0.05, 0.1) is 11.2 Å². The number of alkyl halides is 1. The Labute approximate surface area is 137 Å². The minimum absolute atomic E-state index is 0.0262. The molecular weight excluding hydrogens is 350 g/mol. The van der Waals surface area contributed by atoms with Crippen molar-refractivity contribution in [2.75, 3.05) is 5.32 Å². The number of anilines is 1. The number of nitrogens with one attached hydrogen (secondary N) is 1. The molecule has 0 saturated carbocycles. The number of hydrogen-bond donors (Lipinski definition) is 1. The van der Waals surface area contributed by atoms with Gasteiger partial charge >= 0.3 is 0 Å². The van der Waals surface area contributed by atoms with Crippen LogP contribution in [0.15, 0.2) is 36.4 Å². The number of aryl methyl sites for hydroxylation is 1. The number of rotatable bonds is 3. The Bertz CT molecular complexity index is 714. The van der Waals surface area contributed by atoms with E-state index in [-0.39, 0.29) is 10.7 Å². The van der Waals surface area contributed by atoms with Crippen molar-refractivity contribution in [3.05, 3.63) is 63.7 Å². The second-order valence-corrected chi connectivity index (χ2v) is 6.49. The highest BCUT2D eigenvalue weighted by Gasteiger charge is 2.23. The standard InChI is InChI=1S/C17H15BrClNO/c1-2-10-5-3-4-6-12(10)17(18)13-7-11-8-16(21)20-15(11)9-14(13)19/h3-7,9,17H,2,8H2,1H3,(H,20,21). The molecule has 0 aromatic heterocycles. The molecule has 0 bridgehead atoms. The molecule has 1 atom stereocenters. The van der Waals surface area contributed by atoms with Crippen LogP contribution in [0, 0.1) is 0 Å². The first-order valence-corrected chi connectivity index (χ1v) is 8.23. The first-order chi connectivity index (χ1) is 10.1. The maximum absolute atomic E-state index is 11.5. The van der Waals surface area contributed by atoms with Crippen molar-refractivity contribution in [2.45, 2.75) is 24.6 Å². The molecule has 0 saturated heterocycles. The zero-order valence-corrected chi connectivity index (χ0v) is 14.0. The van der Waals surface area contributed by atoms with Gasteiger partial charge in [-0.1, -0.05) is 64.8 Å². The van der Waals surface area contributed by atoms with Crippen molar-refractivity contribution >= 4 is 39.1 Å². The fourth-order valence-electron chi connectivity index (χ4n) is 2.73. The molecule has 1 unspecified atom stereocenters. The number of benzene rings is 2. The van der Waals surface area contributed by atoms with Crippen LogP contribution >= 0.6 is 27.5 Å². The average molecular weight is 365 g/mol. The summed E-state index contributed by atoms with van der Waals surface area (Å²) < 4.78 is 0. The lowest BCUT2D eigenvalue weighted by molar-refractivity contribution is -0.115. The van der Waals surface area contributed by atoms with Gasteiger partial charge in [-0.3, -0.25) is 4.79 Å². The smallest absolute Gasteiger partial charge is 0.228 e. The van der Waals surface area contributed by atoms with Crippen LogP contribution in [0.25, 0.3) is 0 Å². The summed E-state index contributed by atoms with van der Waals surface area (Å²) in [6.07, 6.45) is 1.40. The SMILES string of the molecule is CCc1ccccc1C(Br)c1cc2c(cc1Cl)NC(=O)C2. The normalized spacial score (nSPS) is 14.7. The maximum Gasteiger partial charge on any atom is 0.228 e. The van der Waals surface area contributed by atoms with E-state index in [1.54, 1.807) is 0 Å². The molecule has 0 fully saturated rings. The Morgan fingerprint density at radius 3 is 2.81 bits per heavy atom. The molecule has 108 valence electrons. The zero-order valence-electron chi connectivity index (χ0n) is 11.6. The van der Waals surface area contributed by atoms with Crippen LogP contribution in [0.2, 0.25) is 5.02 Å². The molecule has 21 heavy (non-hydrogen) atoms. The van der Waals surface area contributed by atoms with Gasteiger partial charge in [0.25, 0.3) is 0 Å². The predicted octanol–water partition coefficient (Wildman–Crippen LogP) is 4.88. The molecule has 2 aromatic rings. The van der Waals surface area contributed by atoms with Gasteiger partial charge in [0.1, 0.15) is 0 Å². The van der Waals surface area contributed by atoms with Gasteiger partial charge in [-0.05, 0) is 34.7 Å². The summed E-state index contributed by atoms with van der Waals surface area (Å²) in [7, 11) is 0. The van der Waals surface area contributed by atoms with E-state index in [0.29, 0.717) is 11.4 Å². The Hall–Kier alpha value is -1.32. The summed E-state index contributed by atoms with van der Waals surface area (Å²) in [5, 5.41) is 3.50. The molecule has 2 nitrogen and oxygen atoms in total. The lowest BCUT2D eigenvalue weighted by Crippen LogP contribution is -2.03. The Kier molecular flexibility index (Phi) is 4.05. The molecule has 1 aliphatic heterocycles. The van der Waals surface area contributed by atoms with E-state index in [0.717, 1.165) is 23.2 Å². The Balaban J connectivity index is 2.04. The van der Waals surface area contributed by atoms with Gasteiger partial charge in [0, 0.05) is 10.7 Å². The Morgan fingerprint density at radius 2 is 2.05 bits per heavy atom. The topological polar surface area (TPSA) is 29.1 Å². The molecule has 1 amide bonds. The molecule has 1 N–H and O–H groups in total. The summed E-state index contributed by atoms with van der Waals surface area (Å²) in [4.78, 5) is 11.5. The van der Waals surface area contributed by atoms with Crippen LogP contribution in [0.4, 0.5) is 5.69 Å². The average Bonchev–Trinajstić information content (AvgIpc) is 2.84. The fraction of sp³-hybridized carbons (Fsp3) is 0.235. The van der Waals surface area contributed by atoms with E-state index in [1.807, 2.05) is 18.2 Å². The van der Waals surface area contributed by atoms with E-state index in [1.165, 1.54) is 11.1 Å². The van der Waals surface area contributed by atoms with E-state index >= 15 is 0 Å². The van der Waals surface area contributed by atoms with Crippen molar-refractivity contribution < 1.29 is 4.79 Å². The predicted molar refractivity (Wildman–Crippen MR) is 90.4 cm³/mol. The molecule has 1 heterocycles. The highest BCUT2D eigenvalue weighted by atomic mass is 79.9. The third-order valence-corrected chi connectivity index (χ3v) is 5.14. The first-order valence-electron chi connectivity index (χ1n) is 6.94. The van der Waals surface area contributed by atoms with Crippen LogP contribution in [0.1, 0.15) is 34.0 Å². The molecule has 3 rings (SSSR count). The molecule has 0 aliphatic carbocycles. The number of carbonyl (C=O) groups excluding carboxylic acids is 1. The van der Waals surface area contributed by atoms with Crippen molar-refractivity contribution in [1.29, 1.82) is 0 Å². The third-order valence-electron chi connectivity index (χ3n) is 3.83. The van der Waals surface area contributed by atoms with Gasteiger partial charge in [-0.15, -0.1) is 0 Å².